The van der Waals surface area contributed by atoms with Crippen LogP contribution in [0.5, 0.6) is 0 Å². The molecule has 27 heavy (non-hydrogen) atoms. The third kappa shape index (κ3) is 8.28. The molecule has 0 unspecified atom stereocenters. The fourth-order valence-corrected chi connectivity index (χ4v) is 2.27. The van der Waals surface area contributed by atoms with Gasteiger partial charge in [0.25, 0.3) is 0 Å². The Hall–Kier alpha value is -2.31. The van der Waals surface area contributed by atoms with Gasteiger partial charge in [0.15, 0.2) is 5.96 Å². The van der Waals surface area contributed by atoms with Gasteiger partial charge in [0, 0.05) is 31.0 Å². The van der Waals surface area contributed by atoms with Crippen LogP contribution in [0.3, 0.4) is 0 Å². The Kier molecular flexibility index (Phi) is 10.2. The molecule has 0 aliphatic heterocycles. The molecule has 0 radical (unpaired) electrons. The van der Waals surface area contributed by atoms with Crippen LogP contribution in [0.2, 0.25) is 5.15 Å². The smallest absolute Gasteiger partial charge is 0.243 e. The summed E-state index contributed by atoms with van der Waals surface area (Å²) in [5, 5.41) is 9.36. The Labute approximate surface area is 181 Å². The summed E-state index contributed by atoms with van der Waals surface area (Å²) in [4.78, 5) is 20.2. The summed E-state index contributed by atoms with van der Waals surface area (Å²) >= 11 is 5.76. The standard InChI is InChI=1S/C19H20ClN5O.HI/c1-3-14-5-4-6-16(11-14)25-18(26)13-24-19(21-2)22-10-9-15-7-8-17(20)23-12-15;/h1,4-8,11-12H,9-10,13H2,2H3,(H,25,26)(H2,21,22,24);1H. The number of aromatic nitrogens is 1. The SMILES string of the molecule is C#Cc1cccc(NC(=O)CNC(=NC)NCCc2ccc(Cl)nc2)c1.I. The molecule has 6 nitrogen and oxygen atoms in total. The monoisotopic (exact) mass is 497 g/mol. The molecule has 0 spiro atoms. The lowest BCUT2D eigenvalue weighted by molar-refractivity contribution is -0.115. The first kappa shape index (κ1) is 22.7. The van der Waals surface area contributed by atoms with Crippen molar-refractivity contribution < 1.29 is 4.79 Å². The van der Waals surface area contributed by atoms with Crippen LogP contribution in [-0.4, -0.2) is 37.0 Å². The number of pyridine rings is 1. The molecule has 0 saturated heterocycles. The third-order valence-electron chi connectivity index (χ3n) is 3.45. The van der Waals surface area contributed by atoms with E-state index >= 15 is 0 Å². The van der Waals surface area contributed by atoms with Crippen LogP contribution >= 0.6 is 35.6 Å². The van der Waals surface area contributed by atoms with Crippen molar-refractivity contribution in [3.8, 4) is 12.3 Å². The van der Waals surface area contributed by atoms with Gasteiger partial charge in [-0.05, 0) is 36.2 Å². The quantitative estimate of drug-likeness (QED) is 0.189. The molecule has 1 aromatic carbocycles. The van der Waals surface area contributed by atoms with Crippen LogP contribution in [0.1, 0.15) is 11.1 Å². The summed E-state index contributed by atoms with van der Waals surface area (Å²) < 4.78 is 0. The maximum absolute atomic E-state index is 12.0. The third-order valence-corrected chi connectivity index (χ3v) is 3.67. The number of nitrogens with zero attached hydrogens (tertiary/aromatic N) is 2. The van der Waals surface area contributed by atoms with Gasteiger partial charge >= 0.3 is 0 Å². The first-order valence-electron chi connectivity index (χ1n) is 8.02. The lowest BCUT2D eigenvalue weighted by Crippen LogP contribution is -2.42. The average Bonchev–Trinajstić information content (AvgIpc) is 2.66. The number of hydrogen-bond acceptors (Lipinski definition) is 3. The highest BCUT2D eigenvalue weighted by Gasteiger charge is 2.05. The summed E-state index contributed by atoms with van der Waals surface area (Å²) in [5.74, 6) is 2.88. The number of hydrogen-bond donors (Lipinski definition) is 3. The number of rotatable bonds is 6. The highest BCUT2D eigenvalue weighted by molar-refractivity contribution is 14.0. The number of anilines is 1. The van der Waals surface area contributed by atoms with Crippen molar-refractivity contribution in [3.05, 3.63) is 58.9 Å². The predicted molar refractivity (Wildman–Crippen MR) is 121 cm³/mol. The first-order chi connectivity index (χ1) is 12.6. The maximum atomic E-state index is 12.0. The summed E-state index contributed by atoms with van der Waals surface area (Å²) in [6.45, 7) is 0.733. The molecule has 1 heterocycles. The van der Waals surface area contributed by atoms with E-state index in [2.05, 4.69) is 31.8 Å². The lowest BCUT2D eigenvalue weighted by Gasteiger charge is -2.12. The number of carbonyl (C=O) groups excluding carboxylic acids is 1. The zero-order valence-corrected chi connectivity index (χ0v) is 17.9. The summed E-state index contributed by atoms with van der Waals surface area (Å²) in [7, 11) is 1.65. The minimum Gasteiger partial charge on any atom is -0.356 e. The Morgan fingerprint density at radius 3 is 2.78 bits per heavy atom. The zero-order valence-electron chi connectivity index (χ0n) is 14.8. The number of guanidine groups is 1. The van der Waals surface area contributed by atoms with E-state index in [1.165, 1.54) is 0 Å². The second-order valence-electron chi connectivity index (χ2n) is 5.37. The van der Waals surface area contributed by atoms with Gasteiger partial charge in [-0.15, -0.1) is 30.4 Å². The molecule has 1 amide bonds. The van der Waals surface area contributed by atoms with Crippen LogP contribution < -0.4 is 16.0 Å². The number of benzene rings is 1. The molecule has 2 aromatic rings. The molecule has 0 atom stereocenters. The van der Waals surface area contributed by atoms with Crippen molar-refractivity contribution in [1.82, 2.24) is 15.6 Å². The van der Waals surface area contributed by atoms with Gasteiger partial charge in [-0.1, -0.05) is 29.7 Å². The summed E-state index contributed by atoms with van der Waals surface area (Å²) in [6.07, 6.45) is 7.85. The van der Waals surface area contributed by atoms with Crippen LogP contribution in [0.25, 0.3) is 0 Å². The first-order valence-corrected chi connectivity index (χ1v) is 8.40. The van der Waals surface area contributed by atoms with Crippen LogP contribution in [-0.2, 0) is 11.2 Å². The van der Waals surface area contributed by atoms with E-state index in [-0.39, 0.29) is 36.4 Å². The van der Waals surface area contributed by atoms with Gasteiger partial charge in [-0.3, -0.25) is 9.79 Å². The number of carbonyl (C=O) groups is 1. The van der Waals surface area contributed by atoms with E-state index in [1.54, 1.807) is 43.6 Å². The molecule has 2 rings (SSSR count). The second-order valence-corrected chi connectivity index (χ2v) is 5.75. The Balaban J connectivity index is 0.00000364. The summed E-state index contributed by atoms with van der Waals surface area (Å²) in [5.41, 5.74) is 2.43. The summed E-state index contributed by atoms with van der Waals surface area (Å²) in [6, 6.07) is 10.8. The molecule has 3 N–H and O–H groups in total. The fourth-order valence-electron chi connectivity index (χ4n) is 2.16. The maximum Gasteiger partial charge on any atom is 0.243 e. The second kappa shape index (κ2) is 12.1. The van der Waals surface area contributed by atoms with Crippen molar-refractivity contribution in [1.29, 1.82) is 0 Å². The molecule has 0 aliphatic carbocycles. The molecule has 8 heteroatoms. The van der Waals surface area contributed by atoms with E-state index in [1.807, 2.05) is 6.07 Å². The zero-order chi connectivity index (χ0) is 18.8. The topological polar surface area (TPSA) is 78.4 Å². The number of amides is 1. The fraction of sp³-hybridized carbons (Fsp3) is 0.211. The highest BCUT2D eigenvalue weighted by Crippen LogP contribution is 2.09. The van der Waals surface area contributed by atoms with Crippen molar-refractivity contribution in [3.63, 3.8) is 0 Å². The molecule has 0 saturated carbocycles. The van der Waals surface area contributed by atoms with Crippen molar-refractivity contribution in [2.24, 2.45) is 4.99 Å². The molecule has 0 fully saturated rings. The number of halogens is 2. The number of nitrogens with one attached hydrogen (secondary N) is 3. The lowest BCUT2D eigenvalue weighted by atomic mass is 10.2. The molecule has 0 aliphatic rings. The van der Waals surface area contributed by atoms with Crippen LogP contribution in [0.15, 0.2) is 47.6 Å². The molecule has 142 valence electrons. The Bertz CT molecular complexity index is 818. The predicted octanol–water partition coefficient (Wildman–Crippen LogP) is 2.68. The minimum atomic E-state index is -0.191. The van der Waals surface area contributed by atoms with E-state index in [0.29, 0.717) is 28.9 Å². The molecular formula is C19H21ClIN5O. The van der Waals surface area contributed by atoms with Gasteiger partial charge in [0.1, 0.15) is 5.15 Å². The minimum absolute atomic E-state index is 0. The van der Waals surface area contributed by atoms with Crippen molar-refractivity contribution in [2.75, 3.05) is 25.5 Å². The largest absolute Gasteiger partial charge is 0.356 e. The Morgan fingerprint density at radius 1 is 1.30 bits per heavy atom. The van der Waals surface area contributed by atoms with Gasteiger partial charge in [0.2, 0.25) is 5.91 Å². The Morgan fingerprint density at radius 2 is 2.11 bits per heavy atom. The van der Waals surface area contributed by atoms with E-state index in [0.717, 1.165) is 12.0 Å². The molecular weight excluding hydrogens is 477 g/mol. The van der Waals surface area contributed by atoms with Crippen molar-refractivity contribution in [2.45, 2.75) is 6.42 Å². The van der Waals surface area contributed by atoms with E-state index in [4.69, 9.17) is 18.0 Å². The van der Waals surface area contributed by atoms with Crippen LogP contribution in [0, 0.1) is 12.3 Å². The van der Waals surface area contributed by atoms with Gasteiger partial charge in [-0.2, -0.15) is 0 Å². The van der Waals surface area contributed by atoms with E-state index in [9.17, 15) is 4.79 Å². The van der Waals surface area contributed by atoms with Gasteiger partial charge < -0.3 is 16.0 Å². The number of aliphatic imine (C=N–C) groups is 1. The number of terminal acetylenes is 1. The molecule has 0 bridgehead atoms. The van der Waals surface area contributed by atoms with E-state index < -0.39 is 0 Å². The molecule has 1 aromatic heterocycles. The van der Waals surface area contributed by atoms with Gasteiger partial charge in [0.05, 0.1) is 6.54 Å². The van der Waals surface area contributed by atoms with Crippen LogP contribution in [0.4, 0.5) is 5.69 Å². The van der Waals surface area contributed by atoms with Gasteiger partial charge in [-0.25, -0.2) is 4.98 Å². The van der Waals surface area contributed by atoms with Crippen molar-refractivity contribution >= 4 is 53.1 Å². The highest BCUT2D eigenvalue weighted by atomic mass is 127. The average molecular weight is 498 g/mol. The normalized spacial score (nSPS) is 10.3.